The van der Waals surface area contributed by atoms with Crippen molar-refractivity contribution < 1.29 is 5.11 Å². The minimum atomic E-state index is 0.371. The van der Waals surface area contributed by atoms with E-state index in [4.69, 9.17) is 0 Å². The summed E-state index contributed by atoms with van der Waals surface area (Å²) in [5.41, 5.74) is 3.93. The number of nitrogens with one attached hydrogen (secondary N) is 1. The number of hydrogen-bond acceptors (Lipinski definition) is 3. The molecule has 98 valence electrons. The van der Waals surface area contributed by atoms with Gasteiger partial charge in [0.2, 0.25) is 0 Å². The van der Waals surface area contributed by atoms with E-state index < -0.39 is 0 Å². The zero-order valence-corrected chi connectivity index (χ0v) is 10.8. The first-order valence-electron chi connectivity index (χ1n) is 6.77. The highest BCUT2D eigenvalue weighted by atomic mass is 16.3. The highest BCUT2D eigenvalue weighted by Gasteiger charge is 2.21. The molecule has 1 unspecified atom stereocenters. The van der Waals surface area contributed by atoms with Crippen LogP contribution in [-0.4, -0.2) is 16.6 Å². The van der Waals surface area contributed by atoms with Crippen LogP contribution in [0.5, 0.6) is 5.75 Å². The summed E-state index contributed by atoms with van der Waals surface area (Å²) >= 11 is 0. The molecule has 1 aliphatic carbocycles. The van der Waals surface area contributed by atoms with Crippen molar-refractivity contribution in [1.82, 2.24) is 10.3 Å². The Hall–Kier alpha value is -1.87. The molecule has 1 aromatic carbocycles. The first-order chi connectivity index (χ1) is 9.33. The second-order valence-electron chi connectivity index (χ2n) is 5.03. The van der Waals surface area contributed by atoms with Crippen LogP contribution in [0.25, 0.3) is 0 Å². The van der Waals surface area contributed by atoms with Gasteiger partial charge in [-0.2, -0.15) is 0 Å². The topological polar surface area (TPSA) is 45.1 Å². The van der Waals surface area contributed by atoms with Gasteiger partial charge in [0.15, 0.2) is 0 Å². The molecule has 3 rings (SSSR count). The number of phenols is 1. The van der Waals surface area contributed by atoms with Crippen molar-refractivity contribution in [2.24, 2.45) is 0 Å². The maximum atomic E-state index is 9.48. The van der Waals surface area contributed by atoms with Gasteiger partial charge < -0.3 is 10.4 Å². The average molecular weight is 254 g/mol. The molecule has 1 atom stereocenters. The monoisotopic (exact) mass is 254 g/mol. The molecule has 0 fully saturated rings. The van der Waals surface area contributed by atoms with Crippen molar-refractivity contribution in [2.45, 2.75) is 25.3 Å². The Morgan fingerprint density at radius 2 is 2.05 bits per heavy atom. The molecule has 0 saturated heterocycles. The molecule has 1 heterocycles. The second-order valence-corrected chi connectivity index (χ2v) is 5.03. The molecular weight excluding hydrogens is 236 g/mol. The smallest absolute Gasteiger partial charge is 0.115 e. The van der Waals surface area contributed by atoms with Crippen molar-refractivity contribution in [3.05, 3.63) is 59.4 Å². The van der Waals surface area contributed by atoms with Crippen LogP contribution in [0.15, 0.2) is 42.7 Å². The lowest BCUT2D eigenvalue weighted by atomic mass is 10.1. The van der Waals surface area contributed by atoms with Gasteiger partial charge in [0.05, 0.1) is 0 Å². The Bertz CT molecular complexity index is 554. The van der Waals surface area contributed by atoms with E-state index >= 15 is 0 Å². The lowest BCUT2D eigenvalue weighted by Gasteiger charge is -2.14. The Labute approximate surface area is 113 Å². The molecule has 1 aromatic heterocycles. The molecule has 0 radical (unpaired) electrons. The van der Waals surface area contributed by atoms with E-state index in [-0.39, 0.29) is 0 Å². The molecule has 2 N–H and O–H groups in total. The number of rotatable bonds is 4. The number of fused-ring (bicyclic) bond motifs is 1. The normalized spacial score (nSPS) is 17.4. The number of nitrogens with zero attached hydrogens (tertiary/aromatic N) is 1. The molecule has 3 heteroatoms. The Morgan fingerprint density at radius 3 is 2.89 bits per heavy atom. The molecule has 0 spiro atoms. The number of aromatic nitrogens is 1. The molecule has 0 bridgehead atoms. The quantitative estimate of drug-likeness (QED) is 0.881. The van der Waals surface area contributed by atoms with Crippen molar-refractivity contribution >= 4 is 0 Å². The first kappa shape index (κ1) is 12.2. The second kappa shape index (κ2) is 5.41. The number of benzene rings is 1. The van der Waals surface area contributed by atoms with Gasteiger partial charge >= 0.3 is 0 Å². The molecule has 0 amide bonds. The molecule has 1 aliphatic rings. The van der Waals surface area contributed by atoms with Gasteiger partial charge in [0, 0.05) is 18.4 Å². The fraction of sp³-hybridized carbons (Fsp3) is 0.312. The summed E-state index contributed by atoms with van der Waals surface area (Å²) in [7, 11) is 0. The zero-order chi connectivity index (χ0) is 13.1. The predicted octanol–water partition coefficient (Wildman–Crippen LogP) is 2.61. The lowest BCUT2D eigenvalue weighted by Crippen LogP contribution is -2.21. The summed E-state index contributed by atoms with van der Waals surface area (Å²) in [6.07, 6.45) is 6.87. The average Bonchev–Trinajstić information content (AvgIpc) is 2.82. The van der Waals surface area contributed by atoms with E-state index in [9.17, 15) is 5.11 Å². The van der Waals surface area contributed by atoms with Gasteiger partial charge in [-0.3, -0.25) is 4.98 Å². The lowest BCUT2D eigenvalue weighted by molar-refractivity contribution is 0.474. The minimum absolute atomic E-state index is 0.371. The standard InChI is InChI=1S/C16H18N2O/c19-14-2-3-15-13(11-14)1-4-16(15)18-10-7-12-5-8-17-9-6-12/h2-3,5-6,8-9,11,16,18-19H,1,4,7,10H2. The highest BCUT2D eigenvalue weighted by Crippen LogP contribution is 2.33. The molecule has 0 aliphatic heterocycles. The first-order valence-corrected chi connectivity index (χ1v) is 6.77. The van der Waals surface area contributed by atoms with E-state index in [0.29, 0.717) is 11.8 Å². The maximum Gasteiger partial charge on any atom is 0.115 e. The van der Waals surface area contributed by atoms with E-state index in [1.54, 1.807) is 6.07 Å². The largest absolute Gasteiger partial charge is 0.508 e. The summed E-state index contributed by atoms with van der Waals surface area (Å²) in [6.45, 7) is 0.967. The number of pyridine rings is 1. The van der Waals surface area contributed by atoms with E-state index in [2.05, 4.69) is 22.4 Å². The Balaban J connectivity index is 1.58. The summed E-state index contributed by atoms with van der Waals surface area (Å²) in [5.74, 6) is 0.371. The molecule has 0 saturated carbocycles. The zero-order valence-electron chi connectivity index (χ0n) is 10.8. The fourth-order valence-electron chi connectivity index (χ4n) is 2.76. The van der Waals surface area contributed by atoms with Gasteiger partial charge in [-0.1, -0.05) is 6.07 Å². The van der Waals surface area contributed by atoms with Gasteiger partial charge in [0.1, 0.15) is 5.75 Å². The third kappa shape index (κ3) is 2.76. The highest BCUT2D eigenvalue weighted by molar-refractivity contribution is 5.40. The van der Waals surface area contributed by atoms with Crippen LogP contribution < -0.4 is 5.32 Å². The Kier molecular flexibility index (Phi) is 3.47. The summed E-state index contributed by atoms with van der Waals surface area (Å²) in [5, 5.41) is 13.1. The SMILES string of the molecule is Oc1ccc2c(c1)CCC2NCCc1ccncc1. The third-order valence-electron chi connectivity index (χ3n) is 3.76. The molecule has 2 aromatic rings. The number of hydrogen-bond donors (Lipinski definition) is 2. The van der Waals surface area contributed by atoms with E-state index in [1.165, 1.54) is 16.7 Å². The number of aryl methyl sites for hydroxylation is 1. The summed E-state index contributed by atoms with van der Waals surface area (Å²) in [6, 6.07) is 10.3. The minimum Gasteiger partial charge on any atom is -0.508 e. The van der Waals surface area contributed by atoms with Crippen LogP contribution in [0.4, 0.5) is 0 Å². The third-order valence-corrected chi connectivity index (χ3v) is 3.76. The van der Waals surface area contributed by atoms with E-state index in [1.807, 2.05) is 24.5 Å². The Morgan fingerprint density at radius 1 is 1.21 bits per heavy atom. The fourth-order valence-corrected chi connectivity index (χ4v) is 2.76. The van der Waals surface area contributed by atoms with Crippen LogP contribution in [-0.2, 0) is 12.8 Å². The summed E-state index contributed by atoms with van der Waals surface area (Å²) < 4.78 is 0. The van der Waals surface area contributed by atoms with Crippen LogP contribution in [0.2, 0.25) is 0 Å². The number of aromatic hydroxyl groups is 1. The van der Waals surface area contributed by atoms with Gasteiger partial charge in [-0.05, 0) is 66.8 Å². The van der Waals surface area contributed by atoms with Crippen molar-refractivity contribution in [2.75, 3.05) is 6.54 Å². The number of phenolic OH excluding ortho intramolecular Hbond substituents is 1. The maximum absolute atomic E-state index is 9.48. The van der Waals surface area contributed by atoms with Crippen molar-refractivity contribution in [3.8, 4) is 5.75 Å². The molecule has 19 heavy (non-hydrogen) atoms. The van der Waals surface area contributed by atoms with Crippen LogP contribution in [0, 0.1) is 0 Å². The molecular formula is C16H18N2O. The van der Waals surface area contributed by atoms with Gasteiger partial charge in [0.25, 0.3) is 0 Å². The van der Waals surface area contributed by atoms with Crippen molar-refractivity contribution in [3.63, 3.8) is 0 Å². The van der Waals surface area contributed by atoms with Gasteiger partial charge in [-0.25, -0.2) is 0 Å². The van der Waals surface area contributed by atoms with E-state index in [0.717, 1.165) is 25.8 Å². The summed E-state index contributed by atoms with van der Waals surface area (Å²) in [4.78, 5) is 4.02. The van der Waals surface area contributed by atoms with Gasteiger partial charge in [-0.15, -0.1) is 0 Å². The van der Waals surface area contributed by atoms with Crippen LogP contribution >= 0.6 is 0 Å². The predicted molar refractivity (Wildman–Crippen MR) is 75.1 cm³/mol. The van der Waals surface area contributed by atoms with Crippen LogP contribution in [0.3, 0.4) is 0 Å². The van der Waals surface area contributed by atoms with Crippen molar-refractivity contribution in [1.29, 1.82) is 0 Å². The van der Waals surface area contributed by atoms with Crippen LogP contribution in [0.1, 0.15) is 29.2 Å². The molecule has 3 nitrogen and oxygen atoms in total.